The average Bonchev–Trinajstić information content (AvgIpc) is 2.29. The molecular formula is C12H17ClO2S. The summed E-state index contributed by atoms with van der Waals surface area (Å²) in [6.45, 7) is 3.35. The van der Waals surface area contributed by atoms with Gasteiger partial charge in [0, 0.05) is 29.4 Å². The van der Waals surface area contributed by atoms with Crippen LogP contribution in [-0.2, 0) is 9.47 Å². The molecule has 0 spiro atoms. The van der Waals surface area contributed by atoms with Crippen molar-refractivity contribution in [2.24, 2.45) is 0 Å². The normalized spacial score (nSPS) is 12.7. The summed E-state index contributed by atoms with van der Waals surface area (Å²) in [5, 5.41) is 0.766. The van der Waals surface area contributed by atoms with E-state index in [1.54, 1.807) is 18.9 Å². The molecule has 0 saturated carbocycles. The highest BCUT2D eigenvalue weighted by atomic mass is 35.5. The Morgan fingerprint density at radius 3 is 2.56 bits per heavy atom. The van der Waals surface area contributed by atoms with Crippen molar-refractivity contribution in [3.8, 4) is 0 Å². The van der Waals surface area contributed by atoms with Crippen molar-refractivity contribution < 1.29 is 9.47 Å². The minimum absolute atomic E-state index is 0.149. The van der Waals surface area contributed by atoms with Crippen molar-refractivity contribution in [3.05, 3.63) is 29.3 Å². The summed E-state index contributed by atoms with van der Waals surface area (Å²) in [5.74, 6) is 0.892. The molecule has 0 aliphatic rings. The van der Waals surface area contributed by atoms with Crippen LogP contribution < -0.4 is 0 Å². The van der Waals surface area contributed by atoms with Crippen molar-refractivity contribution in [1.82, 2.24) is 0 Å². The summed E-state index contributed by atoms with van der Waals surface area (Å²) >= 11 is 7.57. The van der Waals surface area contributed by atoms with Crippen molar-refractivity contribution in [2.75, 3.05) is 26.1 Å². The van der Waals surface area contributed by atoms with Gasteiger partial charge in [-0.3, -0.25) is 0 Å². The van der Waals surface area contributed by atoms with Gasteiger partial charge in [0.25, 0.3) is 0 Å². The van der Waals surface area contributed by atoms with Crippen LogP contribution >= 0.6 is 23.4 Å². The number of benzene rings is 1. The molecule has 0 amide bonds. The Hall–Kier alpha value is -0.220. The fraction of sp³-hybridized carbons (Fsp3) is 0.500. The molecule has 4 heteroatoms. The maximum Gasteiger partial charge on any atom is 0.0901 e. The average molecular weight is 261 g/mol. The molecule has 0 heterocycles. The lowest BCUT2D eigenvalue weighted by Gasteiger charge is -2.15. The van der Waals surface area contributed by atoms with Gasteiger partial charge in [0.15, 0.2) is 0 Å². The number of methoxy groups -OCH3 is 1. The first kappa shape index (κ1) is 13.8. The van der Waals surface area contributed by atoms with Crippen LogP contribution in [0.3, 0.4) is 0 Å². The third-order valence-electron chi connectivity index (χ3n) is 2.00. The van der Waals surface area contributed by atoms with Gasteiger partial charge in [-0.15, -0.1) is 11.8 Å². The number of halogens is 1. The smallest absolute Gasteiger partial charge is 0.0901 e. The minimum atomic E-state index is 0.149. The van der Waals surface area contributed by atoms with E-state index in [-0.39, 0.29) is 6.10 Å². The molecule has 0 fully saturated rings. The zero-order valence-corrected chi connectivity index (χ0v) is 11.2. The molecule has 0 aliphatic heterocycles. The summed E-state index contributed by atoms with van der Waals surface area (Å²) in [7, 11) is 1.69. The summed E-state index contributed by atoms with van der Waals surface area (Å²) < 4.78 is 10.7. The zero-order valence-electron chi connectivity index (χ0n) is 9.61. The molecule has 0 saturated heterocycles. The van der Waals surface area contributed by atoms with Gasteiger partial charge in [0.1, 0.15) is 0 Å². The third-order valence-corrected chi connectivity index (χ3v) is 3.40. The molecule has 0 N–H and O–H groups in total. The van der Waals surface area contributed by atoms with Crippen molar-refractivity contribution in [2.45, 2.75) is 17.9 Å². The fourth-order valence-electron chi connectivity index (χ4n) is 1.29. The summed E-state index contributed by atoms with van der Waals surface area (Å²) in [4.78, 5) is 1.20. The molecule has 0 radical (unpaired) electrons. The molecule has 0 bridgehead atoms. The lowest BCUT2D eigenvalue weighted by Crippen LogP contribution is -2.21. The SMILES string of the molecule is CCOC(COC)CSc1ccc(Cl)cc1. The van der Waals surface area contributed by atoms with E-state index in [0.29, 0.717) is 6.61 Å². The Morgan fingerprint density at radius 2 is 2.00 bits per heavy atom. The predicted octanol–water partition coefficient (Wildman–Crippen LogP) is 3.48. The van der Waals surface area contributed by atoms with Crippen molar-refractivity contribution in [3.63, 3.8) is 0 Å². The van der Waals surface area contributed by atoms with Crippen LogP contribution in [0.4, 0.5) is 0 Å². The second-order valence-corrected chi connectivity index (χ2v) is 4.83. The monoisotopic (exact) mass is 260 g/mol. The van der Waals surface area contributed by atoms with Gasteiger partial charge in [0.2, 0.25) is 0 Å². The van der Waals surface area contributed by atoms with E-state index in [1.165, 1.54) is 4.90 Å². The van der Waals surface area contributed by atoms with E-state index in [0.717, 1.165) is 17.4 Å². The number of hydrogen-bond donors (Lipinski definition) is 0. The maximum absolute atomic E-state index is 5.82. The lowest BCUT2D eigenvalue weighted by atomic mass is 10.4. The van der Waals surface area contributed by atoms with Gasteiger partial charge < -0.3 is 9.47 Å². The molecule has 1 rings (SSSR count). The van der Waals surface area contributed by atoms with E-state index in [1.807, 2.05) is 31.2 Å². The minimum Gasteiger partial charge on any atom is -0.382 e. The standard InChI is InChI=1S/C12H17ClO2S/c1-3-15-11(8-14-2)9-16-12-6-4-10(13)5-7-12/h4-7,11H,3,8-9H2,1-2H3. The second-order valence-electron chi connectivity index (χ2n) is 3.30. The Balaban J connectivity index is 2.38. The largest absolute Gasteiger partial charge is 0.382 e. The Morgan fingerprint density at radius 1 is 1.31 bits per heavy atom. The molecule has 1 atom stereocenters. The highest BCUT2D eigenvalue weighted by Gasteiger charge is 2.08. The van der Waals surface area contributed by atoms with Crippen LogP contribution in [0.1, 0.15) is 6.92 Å². The van der Waals surface area contributed by atoms with Gasteiger partial charge in [-0.05, 0) is 31.2 Å². The van der Waals surface area contributed by atoms with Crippen LogP contribution in [0.2, 0.25) is 5.02 Å². The molecule has 1 aromatic rings. The molecule has 0 aromatic heterocycles. The summed E-state index contributed by atoms with van der Waals surface area (Å²) in [6.07, 6.45) is 0.149. The maximum atomic E-state index is 5.82. The highest BCUT2D eigenvalue weighted by molar-refractivity contribution is 7.99. The van der Waals surface area contributed by atoms with Crippen LogP contribution in [0.5, 0.6) is 0 Å². The van der Waals surface area contributed by atoms with E-state index >= 15 is 0 Å². The van der Waals surface area contributed by atoms with Crippen LogP contribution in [0.15, 0.2) is 29.2 Å². The van der Waals surface area contributed by atoms with Gasteiger partial charge in [-0.1, -0.05) is 11.6 Å². The van der Waals surface area contributed by atoms with E-state index in [2.05, 4.69) is 0 Å². The van der Waals surface area contributed by atoms with Crippen LogP contribution in [0.25, 0.3) is 0 Å². The zero-order chi connectivity index (χ0) is 11.8. The van der Waals surface area contributed by atoms with Crippen LogP contribution in [0, 0.1) is 0 Å². The van der Waals surface area contributed by atoms with Gasteiger partial charge in [0.05, 0.1) is 12.7 Å². The Bertz CT molecular complexity index is 284. The van der Waals surface area contributed by atoms with E-state index in [9.17, 15) is 0 Å². The van der Waals surface area contributed by atoms with Crippen LogP contribution in [-0.4, -0.2) is 32.2 Å². The number of hydrogen-bond acceptors (Lipinski definition) is 3. The van der Waals surface area contributed by atoms with Gasteiger partial charge in [-0.2, -0.15) is 0 Å². The molecule has 90 valence electrons. The fourth-order valence-corrected chi connectivity index (χ4v) is 2.31. The lowest BCUT2D eigenvalue weighted by molar-refractivity contribution is 0.0183. The highest BCUT2D eigenvalue weighted by Crippen LogP contribution is 2.21. The first-order chi connectivity index (χ1) is 7.76. The second kappa shape index (κ2) is 7.96. The molecule has 16 heavy (non-hydrogen) atoms. The first-order valence-corrected chi connectivity index (χ1v) is 6.61. The number of ether oxygens (including phenoxy) is 2. The van der Waals surface area contributed by atoms with Gasteiger partial charge in [-0.25, -0.2) is 0 Å². The van der Waals surface area contributed by atoms with Gasteiger partial charge >= 0.3 is 0 Å². The number of thioether (sulfide) groups is 1. The molecule has 1 aromatic carbocycles. The summed E-state index contributed by atoms with van der Waals surface area (Å²) in [6, 6.07) is 7.83. The Labute approximate surface area is 106 Å². The molecule has 1 unspecified atom stereocenters. The quantitative estimate of drug-likeness (QED) is 0.700. The van der Waals surface area contributed by atoms with Crippen molar-refractivity contribution in [1.29, 1.82) is 0 Å². The topological polar surface area (TPSA) is 18.5 Å². The van der Waals surface area contributed by atoms with E-state index in [4.69, 9.17) is 21.1 Å². The Kier molecular flexibility index (Phi) is 6.88. The number of rotatable bonds is 7. The third kappa shape index (κ3) is 5.21. The molecular weight excluding hydrogens is 244 g/mol. The summed E-state index contributed by atoms with van der Waals surface area (Å²) in [5.41, 5.74) is 0. The predicted molar refractivity (Wildman–Crippen MR) is 69.5 cm³/mol. The molecule has 0 aliphatic carbocycles. The first-order valence-electron chi connectivity index (χ1n) is 5.25. The van der Waals surface area contributed by atoms with E-state index < -0.39 is 0 Å². The molecule has 2 nitrogen and oxygen atoms in total. The van der Waals surface area contributed by atoms with Crippen molar-refractivity contribution >= 4 is 23.4 Å².